The van der Waals surface area contributed by atoms with Gasteiger partial charge < -0.3 is 21.1 Å². The van der Waals surface area contributed by atoms with Crippen molar-refractivity contribution in [2.75, 3.05) is 18.9 Å². The number of benzene rings is 1. The first-order valence-corrected chi connectivity index (χ1v) is 7.93. The number of carbonyl (C=O) groups is 3. The lowest BCUT2D eigenvalue weighted by atomic mass is 10.2. The van der Waals surface area contributed by atoms with E-state index >= 15 is 0 Å². The van der Waals surface area contributed by atoms with Crippen LogP contribution in [0.3, 0.4) is 0 Å². The van der Waals surface area contributed by atoms with E-state index in [0.717, 1.165) is 6.42 Å². The van der Waals surface area contributed by atoms with Crippen molar-refractivity contribution < 1.29 is 19.1 Å². The number of ether oxygens (including phenoxy) is 1. The van der Waals surface area contributed by atoms with Gasteiger partial charge in [-0.05, 0) is 31.5 Å². The fourth-order valence-corrected chi connectivity index (χ4v) is 2.03. The maximum Gasteiger partial charge on any atom is 0.340 e. The number of esters is 1. The number of hydrogen-bond acceptors (Lipinski definition) is 5. The molecule has 126 valence electrons. The minimum atomic E-state index is -0.706. The van der Waals surface area contributed by atoms with E-state index in [4.69, 9.17) is 10.5 Å². The number of hydrogen-bond donors (Lipinski definition) is 3. The molecule has 1 aromatic rings. The van der Waals surface area contributed by atoms with E-state index in [0.29, 0.717) is 11.0 Å². The molecule has 0 fully saturated rings. The molecular formula is C15H20BrN3O4. The van der Waals surface area contributed by atoms with Gasteiger partial charge in [-0.25, -0.2) is 4.79 Å². The molecule has 23 heavy (non-hydrogen) atoms. The van der Waals surface area contributed by atoms with Crippen molar-refractivity contribution in [2.24, 2.45) is 0 Å². The molecule has 4 N–H and O–H groups in total. The predicted octanol–water partition coefficient (Wildman–Crippen LogP) is 1.22. The summed E-state index contributed by atoms with van der Waals surface area (Å²) in [5.41, 5.74) is 6.11. The Bertz CT molecular complexity index is 592. The second-order valence-corrected chi connectivity index (χ2v) is 5.80. The quantitative estimate of drug-likeness (QED) is 0.482. The van der Waals surface area contributed by atoms with E-state index in [1.54, 1.807) is 19.1 Å². The average Bonchev–Trinajstić information content (AvgIpc) is 2.52. The SMILES string of the molecule is CCCNC(=O)[C@H](C)NC(=O)COC(=O)c1cc(Br)ccc1N. The summed E-state index contributed by atoms with van der Waals surface area (Å²) in [5.74, 6) is -1.56. The van der Waals surface area contributed by atoms with Gasteiger partial charge in [0.2, 0.25) is 5.91 Å². The van der Waals surface area contributed by atoms with Crippen LogP contribution in [0.25, 0.3) is 0 Å². The zero-order valence-corrected chi connectivity index (χ0v) is 14.6. The van der Waals surface area contributed by atoms with Crippen molar-refractivity contribution in [1.29, 1.82) is 0 Å². The second-order valence-electron chi connectivity index (χ2n) is 4.89. The Labute approximate surface area is 143 Å². The smallest absolute Gasteiger partial charge is 0.340 e. The van der Waals surface area contributed by atoms with E-state index < -0.39 is 24.5 Å². The highest BCUT2D eigenvalue weighted by molar-refractivity contribution is 9.10. The summed E-state index contributed by atoms with van der Waals surface area (Å²) >= 11 is 3.23. The van der Waals surface area contributed by atoms with E-state index in [2.05, 4.69) is 26.6 Å². The molecule has 0 radical (unpaired) electrons. The maximum absolute atomic E-state index is 11.9. The number of amides is 2. The molecule has 1 atom stereocenters. The lowest BCUT2D eigenvalue weighted by Gasteiger charge is -2.14. The van der Waals surface area contributed by atoms with E-state index in [-0.39, 0.29) is 17.2 Å². The molecular weight excluding hydrogens is 366 g/mol. The summed E-state index contributed by atoms with van der Waals surface area (Å²) in [7, 11) is 0. The zero-order chi connectivity index (χ0) is 17.4. The molecule has 0 saturated heterocycles. The Morgan fingerprint density at radius 1 is 1.35 bits per heavy atom. The fourth-order valence-electron chi connectivity index (χ4n) is 1.66. The molecule has 0 spiro atoms. The van der Waals surface area contributed by atoms with Crippen LogP contribution in [0.5, 0.6) is 0 Å². The maximum atomic E-state index is 11.9. The first-order valence-electron chi connectivity index (χ1n) is 7.14. The van der Waals surface area contributed by atoms with Gasteiger partial charge in [0.25, 0.3) is 5.91 Å². The molecule has 1 aromatic carbocycles. The molecule has 7 nitrogen and oxygen atoms in total. The highest BCUT2D eigenvalue weighted by atomic mass is 79.9. The molecule has 1 rings (SSSR count). The molecule has 2 amide bonds. The van der Waals surface area contributed by atoms with Crippen LogP contribution in [-0.4, -0.2) is 37.0 Å². The number of rotatable bonds is 7. The van der Waals surface area contributed by atoms with Crippen LogP contribution in [0.15, 0.2) is 22.7 Å². The van der Waals surface area contributed by atoms with E-state index in [9.17, 15) is 14.4 Å². The third-order valence-corrected chi connectivity index (χ3v) is 3.38. The van der Waals surface area contributed by atoms with Crippen LogP contribution < -0.4 is 16.4 Å². The van der Waals surface area contributed by atoms with Crippen molar-refractivity contribution in [3.63, 3.8) is 0 Å². The molecule has 0 saturated carbocycles. The Balaban J connectivity index is 2.48. The van der Waals surface area contributed by atoms with Crippen molar-refractivity contribution in [2.45, 2.75) is 26.3 Å². The van der Waals surface area contributed by atoms with Crippen molar-refractivity contribution in [3.05, 3.63) is 28.2 Å². The highest BCUT2D eigenvalue weighted by Crippen LogP contribution is 2.19. The Kier molecular flexibility index (Phi) is 7.53. The zero-order valence-electron chi connectivity index (χ0n) is 13.0. The van der Waals surface area contributed by atoms with E-state index in [1.807, 2.05) is 6.92 Å². The van der Waals surface area contributed by atoms with Gasteiger partial charge in [-0.3, -0.25) is 9.59 Å². The summed E-state index contributed by atoms with van der Waals surface area (Å²) in [4.78, 5) is 35.2. The Hall–Kier alpha value is -2.09. The minimum Gasteiger partial charge on any atom is -0.452 e. The van der Waals surface area contributed by atoms with Crippen molar-refractivity contribution in [1.82, 2.24) is 10.6 Å². The molecule has 0 aliphatic rings. The molecule has 0 bridgehead atoms. The third kappa shape index (κ3) is 6.27. The molecule has 0 unspecified atom stereocenters. The van der Waals surface area contributed by atoms with Crippen LogP contribution in [-0.2, 0) is 14.3 Å². The Morgan fingerprint density at radius 3 is 2.70 bits per heavy atom. The second kappa shape index (κ2) is 9.14. The van der Waals surface area contributed by atoms with Crippen molar-refractivity contribution >= 4 is 39.4 Å². The van der Waals surface area contributed by atoms with E-state index in [1.165, 1.54) is 6.07 Å². The fraction of sp³-hybridized carbons (Fsp3) is 0.400. The lowest BCUT2D eigenvalue weighted by molar-refractivity contribution is -0.130. The van der Waals surface area contributed by atoms with Crippen LogP contribution in [0.2, 0.25) is 0 Å². The summed E-state index contributed by atoms with van der Waals surface area (Å²) in [6, 6.07) is 4.05. The monoisotopic (exact) mass is 385 g/mol. The van der Waals surface area contributed by atoms with Gasteiger partial charge in [-0.1, -0.05) is 22.9 Å². The number of nitrogens with one attached hydrogen (secondary N) is 2. The first-order chi connectivity index (χ1) is 10.8. The molecule has 0 aromatic heterocycles. The van der Waals surface area contributed by atoms with Gasteiger partial charge in [0.05, 0.1) is 5.56 Å². The van der Waals surface area contributed by atoms with Crippen LogP contribution in [0.4, 0.5) is 5.69 Å². The van der Waals surface area contributed by atoms with Crippen LogP contribution in [0.1, 0.15) is 30.6 Å². The van der Waals surface area contributed by atoms with Gasteiger partial charge in [-0.2, -0.15) is 0 Å². The molecule has 0 aliphatic heterocycles. The standard InChI is InChI=1S/C15H20BrN3O4/c1-3-6-18-14(21)9(2)19-13(20)8-23-15(22)11-7-10(16)4-5-12(11)17/h4-5,7,9H,3,6,8,17H2,1-2H3,(H,18,21)(H,19,20)/t9-/m0/s1. The highest BCUT2D eigenvalue weighted by Gasteiger charge is 2.17. The van der Waals surface area contributed by atoms with Crippen molar-refractivity contribution in [3.8, 4) is 0 Å². The number of anilines is 1. The number of nitrogen functional groups attached to an aromatic ring is 1. The van der Waals surface area contributed by atoms with Crippen LogP contribution in [0, 0.1) is 0 Å². The third-order valence-electron chi connectivity index (χ3n) is 2.89. The molecule has 8 heteroatoms. The normalized spacial score (nSPS) is 11.4. The predicted molar refractivity (Wildman–Crippen MR) is 89.7 cm³/mol. The summed E-state index contributed by atoms with van der Waals surface area (Å²) in [6.45, 7) is 3.53. The summed E-state index contributed by atoms with van der Waals surface area (Å²) < 4.78 is 5.57. The lowest BCUT2D eigenvalue weighted by Crippen LogP contribution is -2.46. The summed E-state index contributed by atoms with van der Waals surface area (Å²) in [5, 5.41) is 5.11. The topological polar surface area (TPSA) is 111 Å². The number of nitrogens with two attached hydrogens (primary N) is 1. The average molecular weight is 386 g/mol. The molecule has 0 heterocycles. The number of halogens is 1. The Morgan fingerprint density at radius 2 is 2.04 bits per heavy atom. The van der Waals surface area contributed by atoms with Crippen LogP contribution >= 0.6 is 15.9 Å². The minimum absolute atomic E-state index is 0.168. The van der Waals surface area contributed by atoms with Gasteiger partial charge in [0.1, 0.15) is 6.04 Å². The first kappa shape index (κ1) is 19.0. The molecule has 0 aliphatic carbocycles. The van der Waals surface area contributed by atoms with Gasteiger partial charge in [-0.15, -0.1) is 0 Å². The van der Waals surface area contributed by atoms with Gasteiger partial charge >= 0.3 is 5.97 Å². The van der Waals surface area contributed by atoms with Gasteiger partial charge in [0, 0.05) is 16.7 Å². The van der Waals surface area contributed by atoms with Gasteiger partial charge in [0.15, 0.2) is 6.61 Å². The largest absolute Gasteiger partial charge is 0.452 e. The number of carbonyl (C=O) groups excluding carboxylic acids is 3. The summed E-state index contributed by atoms with van der Waals surface area (Å²) in [6.07, 6.45) is 0.804.